The molecular formula is C16H16BrN. The van der Waals surface area contributed by atoms with Crippen LogP contribution in [0.5, 0.6) is 0 Å². The number of benzene rings is 2. The van der Waals surface area contributed by atoms with E-state index in [1.165, 1.54) is 16.8 Å². The Balaban J connectivity index is 1.72. The Labute approximate surface area is 117 Å². The number of nitrogens with zero attached hydrogens (tertiary/aromatic N) is 1. The van der Waals surface area contributed by atoms with Gasteiger partial charge in [-0.15, -0.1) is 0 Å². The van der Waals surface area contributed by atoms with Crippen LogP contribution in [0.1, 0.15) is 17.0 Å². The summed E-state index contributed by atoms with van der Waals surface area (Å²) in [7, 11) is 0. The third-order valence-corrected chi connectivity index (χ3v) is 4.15. The number of hydrogen-bond acceptors (Lipinski definition) is 1. The van der Waals surface area contributed by atoms with Gasteiger partial charge in [0, 0.05) is 29.2 Å². The molecular weight excluding hydrogens is 286 g/mol. The minimum Gasteiger partial charge on any atom is -0.370 e. The molecule has 0 saturated carbocycles. The van der Waals surface area contributed by atoms with E-state index in [0.29, 0.717) is 5.92 Å². The van der Waals surface area contributed by atoms with E-state index in [4.69, 9.17) is 0 Å². The molecule has 1 saturated heterocycles. The van der Waals surface area contributed by atoms with Gasteiger partial charge in [-0.1, -0.05) is 46.3 Å². The molecule has 1 nitrogen and oxygen atoms in total. The fourth-order valence-corrected chi connectivity index (χ4v) is 3.06. The van der Waals surface area contributed by atoms with E-state index in [9.17, 15) is 0 Å². The lowest BCUT2D eigenvalue weighted by Gasteiger charge is -2.42. The third kappa shape index (κ3) is 2.17. The van der Waals surface area contributed by atoms with Crippen LogP contribution in [0.25, 0.3) is 0 Å². The van der Waals surface area contributed by atoms with Gasteiger partial charge in [0.1, 0.15) is 0 Å². The average Bonchev–Trinajstić information content (AvgIpc) is 2.31. The predicted octanol–water partition coefficient (Wildman–Crippen LogP) is 4.36. The third-order valence-electron chi connectivity index (χ3n) is 3.65. The number of halogens is 1. The lowest BCUT2D eigenvalue weighted by Crippen LogP contribution is -2.45. The molecule has 2 heteroatoms. The summed E-state index contributed by atoms with van der Waals surface area (Å²) in [5, 5.41) is 0. The van der Waals surface area contributed by atoms with Crippen LogP contribution >= 0.6 is 15.9 Å². The summed E-state index contributed by atoms with van der Waals surface area (Å²) in [6, 6.07) is 17.3. The smallest absolute Gasteiger partial charge is 0.0397 e. The zero-order valence-electron chi connectivity index (χ0n) is 10.4. The van der Waals surface area contributed by atoms with Crippen LogP contribution in [-0.4, -0.2) is 13.1 Å². The Kier molecular flexibility index (Phi) is 3.13. The number of rotatable bonds is 2. The van der Waals surface area contributed by atoms with E-state index in [0.717, 1.165) is 17.6 Å². The van der Waals surface area contributed by atoms with E-state index in [1.807, 2.05) is 0 Å². The standard InChI is InChI=1S/C16H16BrN/c1-12-9-15(17)7-8-16(12)18-10-14(11-18)13-5-3-2-4-6-13/h2-9,14H,10-11H2,1H3. The van der Waals surface area contributed by atoms with Crippen molar-refractivity contribution in [2.75, 3.05) is 18.0 Å². The summed E-state index contributed by atoms with van der Waals surface area (Å²) < 4.78 is 1.16. The van der Waals surface area contributed by atoms with Crippen molar-refractivity contribution in [1.82, 2.24) is 0 Å². The highest BCUT2D eigenvalue weighted by atomic mass is 79.9. The average molecular weight is 302 g/mol. The van der Waals surface area contributed by atoms with Gasteiger partial charge in [0.25, 0.3) is 0 Å². The van der Waals surface area contributed by atoms with Crippen molar-refractivity contribution in [1.29, 1.82) is 0 Å². The first-order valence-corrected chi connectivity index (χ1v) is 7.09. The van der Waals surface area contributed by atoms with Gasteiger partial charge in [0.05, 0.1) is 0 Å². The molecule has 92 valence electrons. The molecule has 0 atom stereocenters. The fourth-order valence-electron chi connectivity index (χ4n) is 2.58. The van der Waals surface area contributed by atoms with Crippen LogP contribution in [0.4, 0.5) is 5.69 Å². The Morgan fingerprint density at radius 3 is 2.44 bits per heavy atom. The molecule has 2 aromatic carbocycles. The molecule has 0 spiro atoms. The van der Waals surface area contributed by atoms with Crippen molar-refractivity contribution in [2.24, 2.45) is 0 Å². The van der Waals surface area contributed by atoms with Crippen molar-refractivity contribution in [3.05, 3.63) is 64.1 Å². The minimum atomic E-state index is 0.689. The SMILES string of the molecule is Cc1cc(Br)ccc1N1CC(c2ccccc2)C1. The molecule has 1 fully saturated rings. The Hall–Kier alpha value is -1.28. The molecule has 3 rings (SSSR count). The molecule has 0 N–H and O–H groups in total. The summed E-state index contributed by atoms with van der Waals surface area (Å²) >= 11 is 3.52. The molecule has 0 unspecified atom stereocenters. The maximum absolute atomic E-state index is 3.52. The molecule has 1 heterocycles. The Bertz CT molecular complexity index is 544. The summed E-state index contributed by atoms with van der Waals surface area (Å²) in [6.45, 7) is 4.44. The maximum Gasteiger partial charge on any atom is 0.0397 e. The molecule has 1 aliphatic heterocycles. The second kappa shape index (κ2) is 4.77. The van der Waals surface area contributed by atoms with Gasteiger partial charge < -0.3 is 4.90 Å². The zero-order valence-corrected chi connectivity index (χ0v) is 12.0. The topological polar surface area (TPSA) is 3.24 Å². The van der Waals surface area contributed by atoms with E-state index in [-0.39, 0.29) is 0 Å². The Morgan fingerprint density at radius 1 is 1.06 bits per heavy atom. The van der Waals surface area contributed by atoms with Crippen molar-refractivity contribution in [3.8, 4) is 0 Å². The van der Waals surface area contributed by atoms with Gasteiger partial charge in [-0.25, -0.2) is 0 Å². The first-order chi connectivity index (χ1) is 8.74. The Morgan fingerprint density at radius 2 is 1.78 bits per heavy atom. The maximum atomic E-state index is 3.52. The van der Waals surface area contributed by atoms with Crippen LogP contribution in [0.15, 0.2) is 53.0 Å². The van der Waals surface area contributed by atoms with Crippen molar-refractivity contribution >= 4 is 21.6 Å². The van der Waals surface area contributed by atoms with E-state index < -0.39 is 0 Å². The molecule has 0 amide bonds. The van der Waals surface area contributed by atoms with Crippen molar-refractivity contribution in [3.63, 3.8) is 0 Å². The molecule has 0 aromatic heterocycles. The van der Waals surface area contributed by atoms with Crippen LogP contribution in [0, 0.1) is 6.92 Å². The predicted molar refractivity (Wildman–Crippen MR) is 80.3 cm³/mol. The van der Waals surface area contributed by atoms with Gasteiger partial charge in [-0.05, 0) is 36.2 Å². The minimum absolute atomic E-state index is 0.689. The van der Waals surface area contributed by atoms with Gasteiger partial charge in [0.15, 0.2) is 0 Å². The van der Waals surface area contributed by atoms with E-state index in [1.54, 1.807) is 0 Å². The molecule has 18 heavy (non-hydrogen) atoms. The van der Waals surface area contributed by atoms with Crippen LogP contribution in [0.3, 0.4) is 0 Å². The van der Waals surface area contributed by atoms with Crippen LogP contribution in [0.2, 0.25) is 0 Å². The van der Waals surface area contributed by atoms with Gasteiger partial charge in [-0.2, -0.15) is 0 Å². The van der Waals surface area contributed by atoms with Gasteiger partial charge >= 0.3 is 0 Å². The highest BCUT2D eigenvalue weighted by Crippen LogP contribution is 2.34. The second-order valence-electron chi connectivity index (χ2n) is 4.94. The first-order valence-electron chi connectivity index (χ1n) is 6.30. The second-order valence-corrected chi connectivity index (χ2v) is 5.86. The van der Waals surface area contributed by atoms with E-state index in [2.05, 4.69) is 76.3 Å². The molecule has 0 aliphatic carbocycles. The number of hydrogen-bond donors (Lipinski definition) is 0. The normalized spacial score (nSPS) is 15.6. The summed E-state index contributed by atoms with van der Waals surface area (Å²) in [4.78, 5) is 2.46. The molecule has 0 bridgehead atoms. The summed E-state index contributed by atoms with van der Waals surface area (Å²) in [6.07, 6.45) is 0. The largest absolute Gasteiger partial charge is 0.370 e. The molecule has 0 radical (unpaired) electrons. The van der Waals surface area contributed by atoms with Gasteiger partial charge in [0.2, 0.25) is 0 Å². The highest BCUT2D eigenvalue weighted by Gasteiger charge is 2.28. The van der Waals surface area contributed by atoms with Crippen molar-refractivity contribution < 1.29 is 0 Å². The lowest BCUT2D eigenvalue weighted by molar-refractivity contribution is 0.524. The summed E-state index contributed by atoms with van der Waals surface area (Å²) in [5.74, 6) is 0.689. The molecule has 1 aliphatic rings. The number of anilines is 1. The van der Waals surface area contributed by atoms with Crippen molar-refractivity contribution in [2.45, 2.75) is 12.8 Å². The fraction of sp³-hybridized carbons (Fsp3) is 0.250. The van der Waals surface area contributed by atoms with Crippen LogP contribution < -0.4 is 4.90 Å². The quantitative estimate of drug-likeness (QED) is 0.796. The lowest BCUT2D eigenvalue weighted by atomic mass is 9.90. The highest BCUT2D eigenvalue weighted by molar-refractivity contribution is 9.10. The van der Waals surface area contributed by atoms with Gasteiger partial charge in [-0.3, -0.25) is 0 Å². The van der Waals surface area contributed by atoms with Crippen LogP contribution in [-0.2, 0) is 0 Å². The monoisotopic (exact) mass is 301 g/mol. The summed E-state index contributed by atoms with van der Waals surface area (Å²) in [5.41, 5.74) is 4.17. The molecule has 2 aromatic rings. The number of aryl methyl sites for hydroxylation is 1. The zero-order chi connectivity index (χ0) is 12.5. The first kappa shape index (κ1) is 11.8. The van der Waals surface area contributed by atoms with E-state index >= 15 is 0 Å².